The molecule has 0 spiro atoms. The third-order valence-electron chi connectivity index (χ3n) is 3.80. The molecule has 1 fully saturated rings. The van der Waals surface area contributed by atoms with Gasteiger partial charge in [0.05, 0.1) is 26.4 Å². The Hall–Kier alpha value is -0.160. The molecule has 1 aliphatic rings. The number of ether oxygens (including phenoxy) is 2. The van der Waals surface area contributed by atoms with E-state index in [1.54, 1.807) is 0 Å². The molecule has 0 atom stereocenters. The van der Waals surface area contributed by atoms with Gasteiger partial charge in [0.15, 0.2) is 0 Å². The first-order chi connectivity index (χ1) is 9.14. The first-order valence-corrected chi connectivity index (χ1v) is 7.72. The molecular formula is C15H32N2O2. The topological polar surface area (TPSA) is 33.7 Å². The second kappa shape index (κ2) is 9.70. The number of hydrogen-bond acceptors (Lipinski definition) is 4. The van der Waals surface area contributed by atoms with Gasteiger partial charge in [0, 0.05) is 19.6 Å². The van der Waals surface area contributed by atoms with Gasteiger partial charge in [-0.05, 0) is 31.3 Å². The van der Waals surface area contributed by atoms with Crippen LogP contribution in [0, 0.1) is 5.41 Å². The van der Waals surface area contributed by atoms with E-state index in [-0.39, 0.29) is 0 Å². The van der Waals surface area contributed by atoms with Crippen LogP contribution in [0.5, 0.6) is 0 Å². The van der Waals surface area contributed by atoms with Gasteiger partial charge < -0.3 is 14.8 Å². The van der Waals surface area contributed by atoms with Gasteiger partial charge in [-0.3, -0.25) is 4.90 Å². The van der Waals surface area contributed by atoms with Crippen LogP contribution in [-0.2, 0) is 9.47 Å². The van der Waals surface area contributed by atoms with Gasteiger partial charge in [-0.25, -0.2) is 0 Å². The summed E-state index contributed by atoms with van der Waals surface area (Å²) in [7, 11) is 0. The summed E-state index contributed by atoms with van der Waals surface area (Å²) < 4.78 is 11.0. The van der Waals surface area contributed by atoms with Crippen molar-refractivity contribution in [3.05, 3.63) is 0 Å². The molecule has 1 rings (SSSR count). The van der Waals surface area contributed by atoms with Crippen molar-refractivity contribution in [2.24, 2.45) is 5.41 Å². The molecule has 0 aromatic heterocycles. The van der Waals surface area contributed by atoms with Gasteiger partial charge in [-0.2, -0.15) is 0 Å². The van der Waals surface area contributed by atoms with Crippen molar-refractivity contribution in [2.45, 2.75) is 33.6 Å². The second-order valence-electron chi connectivity index (χ2n) is 6.13. The maximum atomic E-state index is 5.70. The average Bonchev–Trinajstić information content (AvgIpc) is 2.43. The van der Waals surface area contributed by atoms with Crippen molar-refractivity contribution in [1.82, 2.24) is 10.2 Å². The van der Waals surface area contributed by atoms with E-state index in [0.717, 1.165) is 52.6 Å². The highest BCUT2D eigenvalue weighted by atomic mass is 16.5. The number of nitrogens with one attached hydrogen (secondary N) is 1. The van der Waals surface area contributed by atoms with Crippen molar-refractivity contribution >= 4 is 0 Å². The molecule has 1 aliphatic heterocycles. The smallest absolute Gasteiger partial charge is 0.0594 e. The molecule has 114 valence electrons. The van der Waals surface area contributed by atoms with E-state index >= 15 is 0 Å². The molecule has 4 heteroatoms. The third-order valence-corrected chi connectivity index (χ3v) is 3.80. The summed E-state index contributed by atoms with van der Waals surface area (Å²) in [4.78, 5) is 2.48. The fraction of sp³-hybridized carbons (Fsp3) is 1.00. The molecule has 0 radical (unpaired) electrons. The van der Waals surface area contributed by atoms with E-state index in [2.05, 4.69) is 31.0 Å². The zero-order valence-electron chi connectivity index (χ0n) is 13.0. The first-order valence-electron chi connectivity index (χ1n) is 7.72. The minimum atomic E-state index is 0.316. The van der Waals surface area contributed by atoms with Crippen LogP contribution in [0.2, 0.25) is 0 Å². The summed E-state index contributed by atoms with van der Waals surface area (Å²) in [6.07, 6.45) is 2.38. The molecule has 0 unspecified atom stereocenters. The minimum absolute atomic E-state index is 0.316. The standard InChI is InChI=1S/C15H32N2O2/c1-4-15(2,3)14-19-11-7-16-6-5-8-17-9-12-18-13-10-17/h16H,4-14H2,1-3H3. The maximum Gasteiger partial charge on any atom is 0.0594 e. The fourth-order valence-electron chi connectivity index (χ4n) is 1.97. The molecule has 0 aromatic carbocycles. The number of hydrogen-bond donors (Lipinski definition) is 1. The van der Waals surface area contributed by atoms with Crippen LogP contribution in [0.15, 0.2) is 0 Å². The van der Waals surface area contributed by atoms with Gasteiger partial charge in [0.2, 0.25) is 0 Å². The van der Waals surface area contributed by atoms with Gasteiger partial charge in [0.1, 0.15) is 0 Å². The normalized spacial score (nSPS) is 17.8. The molecular weight excluding hydrogens is 240 g/mol. The lowest BCUT2D eigenvalue weighted by Gasteiger charge is -2.26. The van der Waals surface area contributed by atoms with Crippen LogP contribution in [0.3, 0.4) is 0 Å². The number of morpholine rings is 1. The Bertz CT molecular complexity index is 216. The highest BCUT2D eigenvalue weighted by Crippen LogP contribution is 2.19. The minimum Gasteiger partial charge on any atom is -0.380 e. The predicted molar refractivity (Wildman–Crippen MR) is 79.6 cm³/mol. The van der Waals surface area contributed by atoms with E-state index in [1.807, 2.05) is 0 Å². The summed E-state index contributed by atoms with van der Waals surface area (Å²) in [6.45, 7) is 15.6. The summed E-state index contributed by atoms with van der Waals surface area (Å²) in [5, 5.41) is 3.45. The molecule has 0 aliphatic carbocycles. The summed E-state index contributed by atoms with van der Waals surface area (Å²) in [5.74, 6) is 0. The molecule has 1 saturated heterocycles. The van der Waals surface area contributed by atoms with Crippen LogP contribution in [0.1, 0.15) is 33.6 Å². The molecule has 1 N–H and O–H groups in total. The Labute approximate surface area is 118 Å². The fourth-order valence-corrected chi connectivity index (χ4v) is 1.97. The van der Waals surface area contributed by atoms with Gasteiger partial charge in [0.25, 0.3) is 0 Å². The predicted octanol–water partition coefficient (Wildman–Crippen LogP) is 1.75. The average molecular weight is 272 g/mol. The van der Waals surface area contributed by atoms with Crippen LogP contribution < -0.4 is 5.32 Å². The van der Waals surface area contributed by atoms with Gasteiger partial charge in [-0.15, -0.1) is 0 Å². The highest BCUT2D eigenvalue weighted by molar-refractivity contribution is 4.65. The van der Waals surface area contributed by atoms with E-state index in [1.165, 1.54) is 19.4 Å². The Morgan fingerprint density at radius 3 is 2.63 bits per heavy atom. The van der Waals surface area contributed by atoms with Crippen LogP contribution in [-0.4, -0.2) is 64.1 Å². The summed E-state index contributed by atoms with van der Waals surface area (Å²) in [6, 6.07) is 0. The molecule has 4 nitrogen and oxygen atoms in total. The van der Waals surface area contributed by atoms with Crippen LogP contribution in [0.25, 0.3) is 0 Å². The van der Waals surface area contributed by atoms with E-state index in [4.69, 9.17) is 9.47 Å². The summed E-state index contributed by atoms with van der Waals surface area (Å²) in [5.41, 5.74) is 0.316. The lowest BCUT2D eigenvalue weighted by atomic mass is 9.92. The molecule has 0 bridgehead atoms. The zero-order chi connectivity index (χ0) is 14.0. The second-order valence-corrected chi connectivity index (χ2v) is 6.13. The van der Waals surface area contributed by atoms with Crippen molar-refractivity contribution in [3.63, 3.8) is 0 Å². The Kier molecular flexibility index (Phi) is 8.62. The van der Waals surface area contributed by atoms with E-state index in [0.29, 0.717) is 5.41 Å². The Morgan fingerprint density at radius 2 is 1.95 bits per heavy atom. The lowest BCUT2D eigenvalue weighted by molar-refractivity contribution is 0.0372. The molecule has 0 amide bonds. The van der Waals surface area contributed by atoms with E-state index in [9.17, 15) is 0 Å². The molecule has 1 heterocycles. The quantitative estimate of drug-likeness (QED) is 0.614. The molecule has 0 saturated carbocycles. The number of nitrogens with zero attached hydrogens (tertiary/aromatic N) is 1. The monoisotopic (exact) mass is 272 g/mol. The third kappa shape index (κ3) is 8.58. The van der Waals surface area contributed by atoms with Crippen LogP contribution >= 0.6 is 0 Å². The zero-order valence-corrected chi connectivity index (χ0v) is 13.0. The first kappa shape index (κ1) is 16.9. The lowest BCUT2D eigenvalue weighted by Crippen LogP contribution is -2.37. The number of rotatable bonds is 10. The van der Waals surface area contributed by atoms with Gasteiger partial charge in [-0.1, -0.05) is 20.8 Å². The SMILES string of the molecule is CCC(C)(C)COCCNCCCN1CCOCC1. The Balaban J connectivity index is 1.83. The largest absolute Gasteiger partial charge is 0.380 e. The van der Waals surface area contributed by atoms with Crippen molar-refractivity contribution < 1.29 is 9.47 Å². The highest BCUT2D eigenvalue weighted by Gasteiger charge is 2.14. The van der Waals surface area contributed by atoms with Crippen molar-refractivity contribution in [1.29, 1.82) is 0 Å². The van der Waals surface area contributed by atoms with Gasteiger partial charge >= 0.3 is 0 Å². The molecule has 0 aromatic rings. The van der Waals surface area contributed by atoms with Crippen molar-refractivity contribution in [2.75, 3.05) is 59.2 Å². The van der Waals surface area contributed by atoms with E-state index < -0.39 is 0 Å². The van der Waals surface area contributed by atoms with Crippen LogP contribution in [0.4, 0.5) is 0 Å². The molecule has 19 heavy (non-hydrogen) atoms. The summed E-state index contributed by atoms with van der Waals surface area (Å²) >= 11 is 0. The van der Waals surface area contributed by atoms with Crippen molar-refractivity contribution in [3.8, 4) is 0 Å². The maximum absolute atomic E-state index is 5.70. The Morgan fingerprint density at radius 1 is 1.21 bits per heavy atom.